The summed E-state index contributed by atoms with van der Waals surface area (Å²) in [6.07, 6.45) is -4.71. The SMILES string of the molecule is COC(=O)C1(OC)CC(O)C(O)C(COP(=O)(O)O)O1. The summed E-state index contributed by atoms with van der Waals surface area (Å²) in [5, 5.41) is 19.4. The summed E-state index contributed by atoms with van der Waals surface area (Å²) >= 11 is 0. The van der Waals surface area contributed by atoms with Crippen molar-refractivity contribution in [3.8, 4) is 0 Å². The highest BCUT2D eigenvalue weighted by Crippen LogP contribution is 2.38. The first kappa shape index (κ1) is 17.5. The zero-order valence-electron chi connectivity index (χ0n) is 10.8. The summed E-state index contributed by atoms with van der Waals surface area (Å²) in [7, 11) is -2.59. The Kier molecular flexibility index (Phi) is 5.64. The first-order valence-corrected chi connectivity index (χ1v) is 7.06. The molecule has 1 fully saturated rings. The van der Waals surface area contributed by atoms with Crippen molar-refractivity contribution < 1.29 is 48.1 Å². The predicted molar refractivity (Wildman–Crippen MR) is 61.3 cm³/mol. The van der Waals surface area contributed by atoms with E-state index >= 15 is 0 Å². The molecule has 1 aliphatic heterocycles. The van der Waals surface area contributed by atoms with E-state index in [1.54, 1.807) is 0 Å². The van der Waals surface area contributed by atoms with Gasteiger partial charge in [-0.15, -0.1) is 0 Å². The third-order valence-electron chi connectivity index (χ3n) is 2.83. The van der Waals surface area contributed by atoms with Crippen molar-refractivity contribution in [2.24, 2.45) is 0 Å². The van der Waals surface area contributed by atoms with E-state index in [2.05, 4.69) is 9.26 Å². The van der Waals surface area contributed by atoms with E-state index in [0.29, 0.717) is 0 Å². The zero-order chi connectivity index (χ0) is 15.6. The molecule has 0 amide bonds. The molecule has 0 aromatic rings. The molecule has 0 aliphatic carbocycles. The fraction of sp³-hybridized carbons (Fsp3) is 0.889. The quantitative estimate of drug-likeness (QED) is 0.335. The van der Waals surface area contributed by atoms with Gasteiger partial charge in [0.25, 0.3) is 5.79 Å². The molecule has 0 aromatic carbocycles. The summed E-state index contributed by atoms with van der Waals surface area (Å²) in [6.45, 7) is -0.745. The molecule has 1 rings (SSSR count). The normalized spacial score (nSPS) is 34.8. The fourth-order valence-electron chi connectivity index (χ4n) is 1.81. The average Bonchev–Trinajstić information content (AvgIpc) is 2.38. The molecule has 0 spiro atoms. The molecular weight excluding hydrogens is 299 g/mol. The van der Waals surface area contributed by atoms with Crippen LogP contribution in [0.1, 0.15) is 6.42 Å². The van der Waals surface area contributed by atoms with Crippen molar-refractivity contribution in [1.29, 1.82) is 0 Å². The van der Waals surface area contributed by atoms with E-state index in [0.717, 1.165) is 14.2 Å². The Morgan fingerprint density at radius 3 is 2.45 bits per heavy atom. The van der Waals surface area contributed by atoms with Crippen LogP contribution in [0, 0.1) is 0 Å². The second-order valence-electron chi connectivity index (χ2n) is 4.15. The molecule has 10 nitrogen and oxygen atoms in total. The second-order valence-corrected chi connectivity index (χ2v) is 5.39. The van der Waals surface area contributed by atoms with Gasteiger partial charge in [-0.1, -0.05) is 0 Å². The minimum absolute atomic E-state index is 0.399. The van der Waals surface area contributed by atoms with Crippen molar-refractivity contribution in [2.75, 3.05) is 20.8 Å². The van der Waals surface area contributed by atoms with Crippen molar-refractivity contribution in [2.45, 2.75) is 30.5 Å². The van der Waals surface area contributed by atoms with Crippen LogP contribution in [-0.4, -0.2) is 70.9 Å². The number of hydrogen-bond donors (Lipinski definition) is 4. The van der Waals surface area contributed by atoms with Gasteiger partial charge in [0.05, 0.1) is 19.8 Å². The smallest absolute Gasteiger partial charge is 0.465 e. The molecule has 0 saturated carbocycles. The number of aliphatic hydroxyl groups excluding tert-OH is 2. The number of phosphoric acid groups is 1. The summed E-state index contributed by atoms with van der Waals surface area (Å²) in [4.78, 5) is 28.9. The summed E-state index contributed by atoms with van der Waals surface area (Å²) in [5.74, 6) is -2.93. The van der Waals surface area contributed by atoms with Gasteiger partial charge in [-0.25, -0.2) is 9.36 Å². The highest BCUT2D eigenvalue weighted by Gasteiger charge is 2.53. The Morgan fingerprint density at radius 1 is 1.40 bits per heavy atom. The van der Waals surface area contributed by atoms with Crippen molar-refractivity contribution in [3.63, 3.8) is 0 Å². The van der Waals surface area contributed by atoms with Crippen LogP contribution < -0.4 is 0 Å². The Morgan fingerprint density at radius 2 is 2.00 bits per heavy atom. The summed E-state index contributed by atoms with van der Waals surface area (Å²) < 4.78 is 29.4. The number of phosphoric ester groups is 1. The van der Waals surface area contributed by atoms with Gasteiger partial charge in [0.1, 0.15) is 12.2 Å². The molecular formula is C9H17O10P. The second kappa shape index (κ2) is 6.46. The maximum atomic E-state index is 11.7. The third-order valence-corrected chi connectivity index (χ3v) is 3.31. The Labute approximate surface area is 114 Å². The lowest BCUT2D eigenvalue weighted by Crippen LogP contribution is -2.60. The van der Waals surface area contributed by atoms with Crippen molar-refractivity contribution in [1.82, 2.24) is 0 Å². The van der Waals surface area contributed by atoms with Gasteiger partial charge in [-0.3, -0.25) is 4.52 Å². The number of hydrogen-bond acceptors (Lipinski definition) is 8. The van der Waals surface area contributed by atoms with Crippen LogP contribution in [0.3, 0.4) is 0 Å². The Balaban J connectivity index is 2.88. The maximum Gasteiger partial charge on any atom is 0.469 e. The average molecular weight is 316 g/mol. The van der Waals surface area contributed by atoms with Gasteiger partial charge >= 0.3 is 13.8 Å². The van der Waals surface area contributed by atoms with Crippen LogP contribution >= 0.6 is 7.82 Å². The number of aliphatic hydroxyl groups is 2. The molecule has 1 aliphatic rings. The predicted octanol–water partition coefficient (Wildman–Crippen LogP) is -1.88. The van der Waals surface area contributed by atoms with E-state index in [-0.39, 0.29) is 0 Å². The molecule has 0 bridgehead atoms. The van der Waals surface area contributed by atoms with E-state index in [4.69, 9.17) is 19.3 Å². The highest BCUT2D eigenvalue weighted by atomic mass is 31.2. The lowest BCUT2D eigenvalue weighted by Gasteiger charge is -2.42. The molecule has 4 atom stereocenters. The van der Waals surface area contributed by atoms with Gasteiger partial charge in [0.15, 0.2) is 0 Å². The van der Waals surface area contributed by atoms with E-state index in [1.165, 1.54) is 0 Å². The number of esters is 1. The van der Waals surface area contributed by atoms with Crippen LogP contribution in [0.4, 0.5) is 0 Å². The van der Waals surface area contributed by atoms with Crippen LogP contribution in [0.5, 0.6) is 0 Å². The number of methoxy groups -OCH3 is 2. The number of ether oxygens (including phenoxy) is 3. The van der Waals surface area contributed by atoms with Gasteiger partial charge in [-0.2, -0.15) is 0 Å². The number of rotatable bonds is 5. The van der Waals surface area contributed by atoms with Crippen LogP contribution in [0.25, 0.3) is 0 Å². The summed E-state index contributed by atoms with van der Waals surface area (Å²) in [6, 6.07) is 0. The largest absolute Gasteiger partial charge is 0.469 e. The van der Waals surface area contributed by atoms with E-state index < -0.39 is 50.9 Å². The topological polar surface area (TPSA) is 152 Å². The van der Waals surface area contributed by atoms with Gasteiger partial charge in [0.2, 0.25) is 0 Å². The highest BCUT2D eigenvalue weighted by molar-refractivity contribution is 7.46. The first-order valence-electron chi connectivity index (χ1n) is 5.53. The standard InChI is InChI=1S/C9H17O10P/c1-16-8(12)9(17-2)3-5(10)7(11)6(19-9)4-18-20(13,14)15/h5-7,10-11H,3-4H2,1-2H3,(H2,13,14,15). The van der Waals surface area contributed by atoms with Crippen LogP contribution in [-0.2, 0) is 28.1 Å². The fourth-order valence-corrected chi connectivity index (χ4v) is 2.15. The van der Waals surface area contributed by atoms with Crippen molar-refractivity contribution >= 4 is 13.8 Å². The molecule has 0 radical (unpaired) electrons. The first-order chi connectivity index (χ1) is 9.15. The van der Waals surface area contributed by atoms with Gasteiger partial charge in [-0.05, 0) is 0 Å². The molecule has 1 saturated heterocycles. The minimum Gasteiger partial charge on any atom is -0.465 e. The van der Waals surface area contributed by atoms with Crippen LogP contribution in [0.15, 0.2) is 0 Å². The van der Waals surface area contributed by atoms with E-state index in [1.807, 2.05) is 0 Å². The van der Waals surface area contributed by atoms with Gasteiger partial charge in [0, 0.05) is 13.5 Å². The van der Waals surface area contributed by atoms with Crippen LogP contribution in [0.2, 0.25) is 0 Å². The molecule has 4 N–H and O–H groups in total. The minimum atomic E-state index is -4.79. The molecule has 20 heavy (non-hydrogen) atoms. The Hall–Kier alpha value is -0.580. The molecule has 118 valence electrons. The molecule has 11 heteroatoms. The molecule has 0 aromatic heterocycles. The van der Waals surface area contributed by atoms with E-state index in [9.17, 15) is 19.6 Å². The lowest BCUT2D eigenvalue weighted by atomic mass is 9.95. The summed E-state index contributed by atoms with van der Waals surface area (Å²) in [5.41, 5.74) is 0. The lowest BCUT2D eigenvalue weighted by molar-refractivity contribution is -0.307. The zero-order valence-corrected chi connectivity index (χ0v) is 11.7. The maximum absolute atomic E-state index is 11.7. The Bertz CT molecular complexity index is 394. The monoisotopic (exact) mass is 316 g/mol. The molecule has 4 unspecified atom stereocenters. The molecule has 1 heterocycles. The number of carbonyl (C=O) groups excluding carboxylic acids is 1. The van der Waals surface area contributed by atoms with Crippen molar-refractivity contribution in [3.05, 3.63) is 0 Å². The number of carbonyl (C=O) groups is 1. The van der Waals surface area contributed by atoms with Gasteiger partial charge < -0.3 is 34.2 Å². The third kappa shape index (κ3) is 3.96.